The molecule has 0 unspecified atom stereocenters. The number of nitrogens with zero attached hydrogens (tertiary/aromatic N) is 4. The Balaban J connectivity index is 1.64. The number of fused-ring (bicyclic) bond motifs is 1. The topological polar surface area (TPSA) is 49.8 Å². The smallest absolute Gasteiger partial charge is 0.160 e. The Bertz CT molecular complexity index is 554. The van der Waals surface area contributed by atoms with Crippen LogP contribution in [0.15, 0.2) is 24.5 Å². The number of nitrogens with two attached hydrogens (primary N) is 1. The minimum Gasteiger partial charge on any atom is -0.396 e. The zero-order valence-corrected chi connectivity index (χ0v) is 11.4. The highest BCUT2D eigenvalue weighted by atomic mass is 15.2. The van der Waals surface area contributed by atoms with Crippen molar-refractivity contribution in [1.82, 2.24) is 19.2 Å². The molecule has 0 bridgehead atoms. The number of hydrogen-bond donors (Lipinski definition) is 1. The highest BCUT2D eigenvalue weighted by Crippen LogP contribution is 2.13. The van der Waals surface area contributed by atoms with Crippen LogP contribution in [0.5, 0.6) is 0 Å². The molecule has 0 radical (unpaired) electrons. The van der Waals surface area contributed by atoms with E-state index in [-0.39, 0.29) is 0 Å². The van der Waals surface area contributed by atoms with E-state index in [2.05, 4.69) is 28.0 Å². The van der Waals surface area contributed by atoms with Gasteiger partial charge in [0, 0.05) is 51.5 Å². The first-order valence-electron chi connectivity index (χ1n) is 6.85. The van der Waals surface area contributed by atoms with Crippen molar-refractivity contribution in [2.75, 3.05) is 45.5 Å². The molecule has 1 saturated heterocycles. The van der Waals surface area contributed by atoms with Crippen molar-refractivity contribution in [1.29, 1.82) is 0 Å². The summed E-state index contributed by atoms with van der Waals surface area (Å²) in [4.78, 5) is 9.50. The molecule has 0 aliphatic carbocycles. The zero-order chi connectivity index (χ0) is 13.2. The summed E-state index contributed by atoms with van der Waals surface area (Å²) < 4.78 is 2.01. The van der Waals surface area contributed by atoms with Crippen LogP contribution in [0.3, 0.4) is 0 Å². The second kappa shape index (κ2) is 5.19. The van der Waals surface area contributed by atoms with Crippen LogP contribution in [-0.2, 0) is 6.42 Å². The molecule has 2 aromatic rings. The van der Waals surface area contributed by atoms with Gasteiger partial charge < -0.3 is 19.9 Å². The molecule has 0 amide bonds. The van der Waals surface area contributed by atoms with Gasteiger partial charge in [-0.2, -0.15) is 0 Å². The van der Waals surface area contributed by atoms with E-state index in [0.717, 1.165) is 56.2 Å². The van der Waals surface area contributed by atoms with Crippen LogP contribution < -0.4 is 5.73 Å². The van der Waals surface area contributed by atoms with Gasteiger partial charge in [0.15, 0.2) is 5.65 Å². The van der Waals surface area contributed by atoms with Crippen LogP contribution in [0, 0.1) is 0 Å². The Morgan fingerprint density at radius 1 is 1.26 bits per heavy atom. The summed E-state index contributed by atoms with van der Waals surface area (Å²) >= 11 is 0. The Kier molecular flexibility index (Phi) is 3.40. The molecule has 0 aromatic carbocycles. The third-order valence-corrected chi connectivity index (χ3v) is 3.84. The van der Waals surface area contributed by atoms with Gasteiger partial charge in [0.05, 0.1) is 11.4 Å². The molecule has 19 heavy (non-hydrogen) atoms. The molecular weight excluding hydrogens is 238 g/mol. The molecule has 1 fully saturated rings. The van der Waals surface area contributed by atoms with E-state index in [0.29, 0.717) is 0 Å². The summed E-state index contributed by atoms with van der Waals surface area (Å²) in [5, 5.41) is 0. The summed E-state index contributed by atoms with van der Waals surface area (Å²) in [5.41, 5.74) is 8.66. The maximum atomic E-state index is 5.92. The van der Waals surface area contributed by atoms with Crippen molar-refractivity contribution in [2.45, 2.75) is 6.42 Å². The standard InChI is InChI=1S/C14H21N5/c1-17-7-9-18(10-8-17)6-4-12-11-19-5-2-3-13(15)14(19)16-12/h2-3,5,11H,4,6-10,15H2,1H3. The molecule has 1 aliphatic rings. The summed E-state index contributed by atoms with van der Waals surface area (Å²) in [7, 11) is 2.18. The second-order valence-electron chi connectivity index (χ2n) is 5.32. The van der Waals surface area contributed by atoms with Gasteiger partial charge in [0.2, 0.25) is 0 Å². The number of imidazole rings is 1. The highest BCUT2D eigenvalue weighted by Gasteiger charge is 2.14. The second-order valence-corrected chi connectivity index (χ2v) is 5.32. The first kappa shape index (κ1) is 12.4. The molecule has 3 rings (SSSR count). The van der Waals surface area contributed by atoms with Crippen molar-refractivity contribution >= 4 is 11.3 Å². The van der Waals surface area contributed by atoms with E-state index in [1.807, 2.05) is 22.7 Å². The lowest BCUT2D eigenvalue weighted by Gasteiger charge is -2.32. The summed E-state index contributed by atoms with van der Waals surface area (Å²) in [5.74, 6) is 0. The van der Waals surface area contributed by atoms with Crippen LogP contribution in [0.25, 0.3) is 5.65 Å². The van der Waals surface area contributed by atoms with E-state index in [1.54, 1.807) is 0 Å². The quantitative estimate of drug-likeness (QED) is 0.882. The number of likely N-dealkylation sites (N-methyl/N-ethyl adjacent to an activating group) is 1. The number of anilines is 1. The average Bonchev–Trinajstić information content (AvgIpc) is 2.83. The van der Waals surface area contributed by atoms with Crippen molar-refractivity contribution < 1.29 is 0 Å². The SMILES string of the molecule is CN1CCN(CCc2cn3cccc(N)c3n2)CC1. The van der Waals surface area contributed by atoms with Gasteiger partial charge in [-0.25, -0.2) is 4.98 Å². The monoisotopic (exact) mass is 259 g/mol. The number of aromatic nitrogens is 2. The number of nitrogen functional groups attached to an aromatic ring is 1. The van der Waals surface area contributed by atoms with Crippen LogP contribution in [0.2, 0.25) is 0 Å². The summed E-state index contributed by atoms with van der Waals surface area (Å²) in [6, 6.07) is 3.85. The summed E-state index contributed by atoms with van der Waals surface area (Å²) in [6.45, 7) is 5.73. The van der Waals surface area contributed by atoms with Gasteiger partial charge in [0.1, 0.15) is 0 Å². The van der Waals surface area contributed by atoms with Crippen LogP contribution >= 0.6 is 0 Å². The highest BCUT2D eigenvalue weighted by molar-refractivity contribution is 5.64. The zero-order valence-electron chi connectivity index (χ0n) is 11.4. The Labute approximate surface area is 113 Å². The van der Waals surface area contributed by atoms with Crippen molar-refractivity contribution in [2.24, 2.45) is 0 Å². The predicted molar refractivity (Wildman–Crippen MR) is 77.2 cm³/mol. The fourth-order valence-electron chi connectivity index (χ4n) is 2.55. The molecule has 0 atom stereocenters. The molecule has 0 saturated carbocycles. The van der Waals surface area contributed by atoms with Crippen LogP contribution in [-0.4, -0.2) is 59.0 Å². The molecule has 2 aromatic heterocycles. The molecule has 2 N–H and O–H groups in total. The molecule has 1 aliphatic heterocycles. The minimum atomic E-state index is 0.744. The Morgan fingerprint density at radius 3 is 2.79 bits per heavy atom. The summed E-state index contributed by atoms with van der Waals surface area (Å²) in [6.07, 6.45) is 5.07. The van der Waals surface area contributed by atoms with Gasteiger partial charge in [-0.3, -0.25) is 0 Å². The fourth-order valence-corrected chi connectivity index (χ4v) is 2.55. The van der Waals surface area contributed by atoms with E-state index in [9.17, 15) is 0 Å². The number of rotatable bonds is 3. The Hall–Kier alpha value is -1.59. The van der Waals surface area contributed by atoms with E-state index >= 15 is 0 Å². The van der Waals surface area contributed by atoms with E-state index in [4.69, 9.17) is 5.73 Å². The van der Waals surface area contributed by atoms with E-state index in [1.165, 1.54) is 0 Å². The maximum Gasteiger partial charge on any atom is 0.160 e. The molecular formula is C14H21N5. The third kappa shape index (κ3) is 2.72. The first-order chi connectivity index (χ1) is 9.22. The molecule has 5 heteroatoms. The van der Waals surface area contributed by atoms with Gasteiger partial charge in [-0.15, -0.1) is 0 Å². The van der Waals surface area contributed by atoms with Crippen molar-refractivity contribution in [3.05, 3.63) is 30.2 Å². The van der Waals surface area contributed by atoms with E-state index < -0.39 is 0 Å². The number of piperazine rings is 1. The van der Waals surface area contributed by atoms with Crippen LogP contribution in [0.4, 0.5) is 5.69 Å². The fraction of sp³-hybridized carbons (Fsp3) is 0.500. The van der Waals surface area contributed by atoms with Gasteiger partial charge in [0.25, 0.3) is 0 Å². The lowest BCUT2D eigenvalue weighted by molar-refractivity contribution is 0.155. The predicted octanol–water partition coefficient (Wildman–Crippen LogP) is 0.706. The Morgan fingerprint density at radius 2 is 2.05 bits per heavy atom. The third-order valence-electron chi connectivity index (χ3n) is 3.84. The largest absolute Gasteiger partial charge is 0.396 e. The molecule has 102 valence electrons. The van der Waals surface area contributed by atoms with Gasteiger partial charge in [-0.1, -0.05) is 0 Å². The molecule has 3 heterocycles. The lowest BCUT2D eigenvalue weighted by Crippen LogP contribution is -2.45. The first-order valence-corrected chi connectivity index (χ1v) is 6.85. The molecule has 5 nitrogen and oxygen atoms in total. The van der Waals surface area contributed by atoms with Gasteiger partial charge in [-0.05, 0) is 19.2 Å². The molecule has 0 spiro atoms. The number of hydrogen-bond acceptors (Lipinski definition) is 4. The number of pyridine rings is 1. The normalized spacial score (nSPS) is 18.2. The average molecular weight is 259 g/mol. The van der Waals surface area contributed by atoms with Crippen molar-refractivity contribution in [3.8, 4) is 0 Å². The van der Waals surface area contributed by atoms with Gasteiger partial charge >= 0.3 is 0 Å². The van der Waals surface area contributed by atoms with Crippen LogP contribution in [0.1, 0.15) is 5.69 Å². The van der Waals surface area contributed by atoms with Crippen molar-refractivity contribution in [3.63, 3.8) is 0 Å². The maximum absolute atomic E-state index is 5.92. The minimum absolute atomic E-state index is 0.744. The lowest BCUT2D eigenvalue weighted by atomic mass is 10.2.